The van der Waals surface area contributed by atoms with Crippen molar-refractivity contribution >= 4 is 24.5 Å². The second-order valence-corrected chi connectivity index (χ2v) is 28.2. The van der Waals surface area contributed by atoms with Crippen LogP contribution in [0.1, 0.15) is 64.2 Å². The lowest BCUT2D eigenvalue weighted by molar-refractivity contribution is 0.0696. The monoisotopic (exact) mass is 568 g/mol. The normalized spacial score (nSPS) is 14.6. The van der Waals surface area contributed by atoms with Crippen LogP contribution in [0, 0.1) is 34.8 Å². The summed E-state index contributed by atoms with van der Waals surface area (Å²) in [5.41, 5.74) is 8.22. The molecule has 0 heterocycles. The Morgan fingerprint density at radius 2 is 1.45 bits per heavy atom. The maximum absolute atomic E-state index is 11.0. The van der Waals surface area contributed by atoms with Crippen LogP contribution in [0.4, 0.5) is 0 Å². The molecule has 6 heteroatoms. The standard InChI is InChI=1S/C32H52O3Si3/c1-31(2,3)38(12,13)35-32(4,24-18-26-37(9,10)11)23-15-14-21-29(33)27-19-16-22-30(34-5)28(27)20-17-25-36(6,7)8/h16,19,22,29,33H,15,20,23-24H2,1-13H3/t29?,32-/m0/s1. The van der Waals surface area contributed by atoms with E-state index in [1.165, 1.54) is 0 Å². The lowest BCUT2D eigenvalue weighted by atomic mass is 9.96. The van der Waals surface area contributed by atoms with E-state index in [-0.39, 0.29) is 10.6 Å². The van der Waals surface area contributed by atoms with E-state index in [0.717, 1.165) is 23.3 Å². The van der Waals surface area contributed by atoms with Crippen molar-refractivity contribution in [2.24, 2.45) is 0 Å². The van der Waals surface area contributed by atoms with E-state index in [4.69, 9.17) is 9.16 Å². The molecule has 0 aliphatic rings. The topological polar surface area (TPSA) is 38.7 Å². The Morgan fingerprint density at radius 1 is 0.868 bits per heavy atom. The van der Waals surface area contributed by atoms with Crippen LogP contribution in [0.2, 0.25) is 57.4 Å². The molecule has 0 saturated carbocycles. The zero-order valence-electron chi connectivity index (χ0n) is 26.4. The summed E-state index contributed by atoms with van der Waals surface area (Å²) >= 11 is 0. The Bertz CT molecular complexity index is 1120. The molecule has 1 unspecified atom stereocenters. The minimum atomic E-state index is -1.99. The molecule has 0 radical (unpaired) electrons. The lowest BCUT2D eigenvalue weighted by Gasteiger charge is -2.43. The number of aliphatic hydroxyl groups excluding tert-OH is 1. The smallest absolute Gasteiger partial charge is 0.192 e. The number of ether oxygens (including phenoxy) is 1. The van der Waals surface area contributed by atoms with Crippen LogP contribution in [-0.2, 0) is 10.8 Å². The van der Waals surface area contributed by atoms with Crippen LogP contribution in [0.25, 0.3) is 0 Å². The molecular weight excluding hydrogens is 517 g/mol. The van der Waals surface area contributed by atoms with Crippen molar-refractivity contribution < 1.29 is 14.3 Å². The molecule has 0 aliphatic heterocycles. The van der Waals surface area contributed by atoms with Gasteiger partial charge in [-0.3, -0.25) is 0 Å². The number of benzene rings is 1. The third kappa shape index (κ3) is 12.0. The summed E-state index contributed by atoms with van der Waals surface area (Å²) in [4.78, 5) is 0. The second-order valence-electron chi connectivity index (χ2n) is 14.0. The van der Waals surface area contributed by atoms with Crippen molar-refractivity contribution in [3.05, 3.63) is 29.3 Å². The van der Waals surface area contributed by atoms with Crippen LogP contribution in [0.5, 0.6) is 5.75 Å². The van der Waals surface area contributed by atoms with Crippen molar-refractivity contribution in [3.8, 4) is 40.5 Å². The molecule has 1 aromatic carbocycles. The molecule has 1 aromatic rings. The van der Waals surface area contributed by atoms with Gasteiger partial charge in [-0.25, -0.2) is 0 Å². The highest BCUT2D eigenvalue weighted by molar-refractivity contribution is 6.84. The quantitative estimate of drug-likeness (QED) is 0.255. The maximum Gasteiger partial charge on any atom is 0.192 e. The van der Waals surface area contributed by atoms with Gasteiger partial charge in [0.25, 0.3) is 0 Å². The van der Waals surface area contributed by atoms with E-state index in [1.807, 2.05) is 18.2 Å². The highest BCUT2D eigenvalue weighted by atomic mass is 28.4. The summed E-state index contributed by atoms with van der Waals surface area (Å²) in [7, 11) is -3.29. The number of hydrogen-bond acceptors (Lipinski definition) is 3. The third-order valence-electron chi connectivity index (χ3n) is 6.66. The van der Waals surface area contributed by atoms with Crippen LogP contribution in [0.3, 0.4) is 0 Å². The summed E-state index contributed by atoms with van der Waals surface area (Å²) < 4.78 is 12.5. The predicted octanol–water partition coefficient (Wildman–Crippen LogP) is 7.99. The van der Waals surface area contributed by atoms with E-state index >= 15 is 0 Å². The summed E-state index contributed by atoms with van der Waals surface area (Å²) in [6, 6.07) is 5.74. The van der Waals surface area contributed by atoms with Crippen LogP contribution >= 0.6 is 0 Å². The van der Waals surface area contributed by atoms with E-state index < -0.39 is 30.6 Å². The van der Waals surface area contributed by atoms with Gasteiger partial charge in [0.15, 0.2) is 8.32 Å². The van der Waals surface area contributed by atoms with Gasteiger partial charge in [0, 0.05) is 30.4 Å². The Hall–Kier alpha value is -1.73. The molecule has 3 nitrogen and oxygen atoms in total. The van der Waals surface area contributed by atoms with Gasteiger partial charge in [0.05, 0.1) is 12.7 Å². The van der Waals surface area contributed by atoms with Gasteiger partial charge in [0.1, 0.15) is 28.0 Å². The molecule has 0 amide bonds. The molecule has 38 heavy (non-hydrogen) atoms. The highest BCUT2D eigenvalue weighted by Gasteiger charge is 2.42. The van der Waals surface area contributed by atoms with E-state index in [1.54, 1.807) is 7.11 Å². The summed E-state index contributed by atoms with van der Waals surface area (Å²) in [6.45, 7) is 27.0. The van der Waals surface area contributed by atoms with Gasteiger partial charge in [-0.2, -0.15) is 0 Å². The zero-order valence-corrected chi connectivity index (χ0v) is 29.4. The Labute approximate surface area is 237 Å². The van der Waals surface area contributed by atoms with Gasteiger partial charge in [-0.15, -0.1) is 28.8 Å². The Morgan fingerprint density at radius 3 is 1.97 bits per heavy atom. The largest absolute Gasteiger partial charge is 0.496 e. The van der Waals surface area contributed by atoms with E-state index in [0.29, 0.717) is 19.3 Å². The van der Waals surface area contributed by atoms with Gasteiger partial charge < -0.3 is 14.3 Å². The van der Waals surface area contributed by atoms with Crippen molar-refractivity contribution in [2.75, 3.05) is 7.11 Å². The minimum Gasteiger partial charge on any atom is -0.496 e. The first kappa shape index (κ1) is 34.3. The first-order valence-electron chi connectivity index (χ1n) is 13.7. The molecule has 0 aliphatic carbocycles. The van der Waals surface area contributed by atoms with Crippen molar-refractivity contribution in [1.29, 1.82) is 0 Å². The van der Waals surface area contributed by atoms with Gasteiger partial charge in [0.2, 0.25) is 0 Å². The average molecular weight is 569 g/mol. The maximum atomic E-state index is 11.0. The minimum absolute atomic E-state index is 0.115. The molecule has 210 valence electrons. The van der Waals surface area contributed by atoms with Crippen LogP contribution < -0.4 is 4.74 Å². The van der Waals surface area contributed by atoms with E-state index in [9.17, 15) is 5.11 Å². The van der Waals surface area contributed by atoms with Crippen molar-refractivity contribution in [3.63, 3.8) is 0 Å². The first-order chi connectivity index (χ1) is 17.2. The molecule has 0 saturated heterocycles. The molecule has 0 spiro atoms. The molecule has 0 fully saturated rings. The van der Waals surface area contributed by atoms with Crippen LogP contribution in [-0.4, -0.2) is 42.3 Å². The average Bonchev–Trinajstić information content (AvgIpc) is 2.73. The summed E-state index contributed by atoms with van der Waals surface area (Å²) in [5.74, 6) is 13.8. The fourth-order valence-electron chi connectivity index (χ4n) is 3.63. The molecule has 0 aromatic heterocycles. The molecule has 1 N–H and O–H groups in total. The number of rotatable bonds is 8. The first-order valence-corrected chi connectivity index (χ1v) is 23.6. The Balaban J connectivity index is 3.16. The SMILES string of the molecule is COc1cccc(C(O)C#CCC[C@@](C)(CC#C[Si](C)(C)C)O[Si](C)(C)C(C)(C)C)c1CC#C[Si](C)(C)C. The molecule has 0 bridgehead atoms. The highest BCUT2D eigenvalue weighted by Crippen LogP contribution is 2.41. The van der Waals surface area contributed by atoms with Crippen LogP contribution in [0.15, 0.2) is 18.2 Å². The fraction of sp³-hybridized carbons (Fsp3) is 0.625. The lowest BCUT2D eigenvalue weighted by Crippen LogP contribution is -2.48. The predicted molar refractivity (Wildman–Crippen MR) is 172 cm³/mol. The summed E-state index contributed by atoms with van der Waals surface area (Å²) in [5, 5.41) is 11.1. The fourth-order valence-corrected chi connectivity index (χ4v) is 6.58. The second kappa shape index (κ2) is 13.6. The summed E-state index contributed by atoms with van der Waals surface area (Å²) in [6.07, 6.45) is 1.74. The number of hydrogen-bond donors (Lipinski definition) is 1. The number of methoxy groups -OCH3 is 1. The Kier molecular flexibility index (Phi) is 12.2. The van der Waals surface area contributed by atoms with E-state index in [2.05, 4.69) is 115 Å². The number of aliphatic hydroxyl groups is 1. The van der Waals surface area contributed by atoms with Crippen molar-refractivity contribution in [1.82, 2.24) is 0 Å². The zero-order chi connectivity index (χ0) is 29.4. The van der Waals surface area contributed by atoms with Gasteiger partial charge in [-0.05, 0) is 37.5 Å². The molecule has 2 atom stereocenters. The van der Waals surface area contributed by atoms with Gasteiger partial charge >= 0.3 is 0 Å². The van der Waals surface area contributed by atoms with Gasteiger partial charge in [-0.1, -0.05) is 78.1 Å². The molecular formula is C32H52O3Si3. The third-order valence-corrected chi connectivity index (χ3v) is 13.1. The molecule has 1 rings (SSSR count). The van der Waals surface area contributed by atoms with Crippen molar-refractivity contribution in [2.45, 2.75) is 122 Å².